The van der Waals surface area contributed by atoms with Crippen LogP contribution in [0.25, 0.3) is 0 Å². The van der Waals surface area contributed by atoms with Gasteiger partial charge in [-0.1, -0.05) is 23.2 Å². The van der Waals surface area contributed by atoms with E-state index in [0.29, 0.717) is 22.7 Å². The van der Waals surface area contributed by atoms with Crippen molar-refractivity contribution < 1.29 is 14.3 Å². The summed E-state index contributed by atoms with van der Waals surface area (Å²) in [4.78, 5) is 16.2. The Balaban J connectivity index is 1.52. The van der Waals surface area contributed by atoms with Crippen molar-refractivity contribution in [2.75, 3.05) is 5.32 Å². The first-order chi connectivity index (χ1) is 11.5. The van der Waals surface area contributed by atoms with Crippen LogP contribution in [0, 0.1) is 0 Å². The Morgan fingerprint density at radius 3 is 2.62 bits per heavy atom. The van der Waals surface area contributed by atoms with Crippen LogP contribution < -0.4 is 14.8 Å². The van der Waals surface area contributed by atoms with E-state index in [4.69, 9.17) is 32.7 Å². The third-order valence-electron chi connectivity index (χ3n) is 4.22. The molecule has 2 aromatic rings. The lowest BCUT2D eigenvalue weighted by atomic mass is 10.2. The summed E-state index contributed by atoms with van der Waals surface area (Å²) in [6.45, 7) is 0. The Labute approximate surface area is 148 Å². The lowest BCUT2D eigenvalue weighted by molar-refractivity contribution is -0.0716. The molecule has 5 nitrogen and oxygen atoms in total. The van der Waals surface area contributed by atoms with Gasteiger partial charge in [0.15, 0.2) is 11.5 Å². The number of benzene rings is 1. The van der Waals surface area contributed by atoms with E-state index in [1.54, 1.807) is 12.1 Å². The maximum atomic E-state index is 12.3. The van der Waals surface area contributed by atoms with E-state index in [-0.39, 0.29) is 16.1 Å². The quantitative estimate of drug-likeness (QED) is 0.785. The van der Waals surface area contributed by atoms with E-state index in [9.17, 15) is 4.79 Å². The molecule has 4 rings (SSSR count). The van der Waals surface area contributed by atoms with Crippen molar-refractivity contribution in [2.45, 2.75) is 31.5 Å². The van der Waals surface area contributed by atoms with Crippen LogP contribution in [0.5, 0.6) is 11.5 Å². The monoisotopic (exact) mass is 364 g/mol. The number of hydrogen-bond donors (Lipinski definition) is 1. The SMILES string of the molecule is O=C(Nc1ccc2c(c1)OC1(CCCC1)O2)c1cnc(Cl)c(Cl)c1. The maximum absolute atomic E-state index is 12.3. The Bertz CT molecular complexity index is 819. The second kappa shape index (κ2) is 5.83. The van der Waals surface area contributed by atoms with E-state index < -0.39 is 5.79 Å². The highest BCUT2D eigenvalue weighted by molar-refractivity contribution is 6.41. The van der Waals surface area contributed by atoms with Crippen LogP contribution in [0.3, 0.4) is 0 Å². The van der Waals surface area contributed by atoms with E-state index in [1.165, 1.54) is 12.3 Å². The Kier molecular flexibility index (Phi) is 3.77. The normalized spacial score (nSPS) is 17.2. The number of rotatable bonds is 2. The number of ether oxygens (including phenoxy) is 2. The van der Waals surface area contributed by atoms with Gasteiger partial charge in [0.05, 0.1) is 10.6 Å². The first-order valence-electron chi connectivity index (χ1n) is 7.69. The zero-order valence-corrected chi connectivity index (χ0v) is 14.2. The van der Waals surface area contributed by atoms with Gasteiger partial charge in [-0.25, -0.2) is 4.98 Å². The summed E-state index contributed by atoms with van der Waals surface area (Å²) in [6.07, 6.45) is 5.35. The van der Waals surface area contributed by atoms with Gasteiger partial charge in [0.1, 0.15) is 5.15 Å². The van der Waals surface area contributed by atoms with Gasteiger partial charge in [0, 0.05) is 30.8 Å². The molecule has 1 N–H and O–H groups in total. The van der Waals surface area contributed by atoms with Gasteiger partial charge in [-0.15, -0.1) is 0 Å². The number of nitrogens with one attached hydrogen (secondary N) is 1. The fourth-order valence-electron chi connectivity index (χ4n) is 3.04. The third-order valence-corrected chi connectivity index (χ3v) is 4.90. The lowest BCUT2D eigenvalue weighted by Gasteiger charge is -2.21. The summed E-state index contributed by atoms with van der Waals surface area (Å²) in [5.74, 6) is 0.530. The van der Waals surface area contributed by atoms with Gasteiger partial charge in [-0.3, -0.25) is 4.79 Å². The summed E-state index contributed by atoms with van der Waals surface area (Å²) in [5.41, 5.74) is 0.942. The third kappa shape index (κ3) is 2.78. The number of carbonyl (C=O) groups is 1. The fourth-order valence-corrected chi connectivity index (χ4v) is 3.31. The molecular weight excluding hydrogens is 351 g/mol. The predicted octanol–water partition coefficient (Wildman–Crippen LogP) is 4.68. The van der Waals surface area contributed by atoms with E-state index in [2.05, 4.69) is 10.3 Å². The van der Waals surface area contributed by atoms with Gasteiger partial charge < -0.3 is 14.8 Å². The van der Waals surface area contributed by atoms with E-state index in [0.717, 1.165) is 25.7 Å². The van der Waals surface area contributed by atoms with Crippen molar-refractivity contribution in [1.82, 2.24) is 4.98 Å². The second-order valence-corrected chi connectivity index (χ2v) is 6.70. The van der Waals surface area contributed by atoms with Crippen LogP contribution in [0.4, 0.5) is 5.69 Å². The molecule has 1 saturated carbocycles. The molecule has 1 aliphatic heterocycles. The van der Waals surface area contributed by atoms with Crippen molar-refractivity contribution in [2.24, 2.45) is 0 Å². The molecule has 1 aromatic carbocycles. The molecule has 1 aliphatic carbocycles. The predicted molar refractivity (Wildman–Crippen MR) is 91.1 cm³/mol. The molecule has 1 spiro atoms. The highest BCUT2D eigenvalue weighted by Gasteiger charge is 2.44. The van der Waals surface area contributed by atoms with Gasteiger partial charge in [0.2, 0.25) is 0 Å². The van der Waals surface area contributed by atoms with Gasteiger partial charge in [-0.05, 0) is 31.0 Å². The molecule has 124 valence electrons. The molecule has 24 heavy (non-hydrogen) atoms. The number of halogens is 2. The average molecular weight is 365 g/mol. The molecule has 0 unspecified atom stereocenters. The Morgan fingerprint density at radius 1 is 1.12 bits per heavy atom. The number of fused-ring (bicyclic) bond motifs is 1. The van der Waals surface area contributed by atoms with Crippen LogP contribution in [0.15, 0.2) is 30.5 Å². The summed E-state index contributed by atoms with van der Waals surface area (Å²) in [5, 5.41) is 3.20. The van der Waals surface area contributed by atoms with Crippen LogP contribution in [0.2, 0.25) is 10.2 Å². The van der Waals surface area contributed by atoms with E-state index in [1.807, 2.05) is 6.07 Å². The molecule has 2 aliphatic rings. The molecule has 1 aromatic heterocycles. The summed E-state index contributed by atoms with van der Waals surface area (Å²) in [6, 6.07) is 6.84. The van der Waals surface area contributed by atoms with Crippen LogP contribution in [0.1, 0.15) is 36.0 Å². The minimum absolute atomic E-state index is 0.165. The number of hydrogen-bond acceptors (Lipinski definition) is 4. The molecule has 0 saturated heterocycles. The minimum Gasteiger partial charge on any atom is -0.448 e. The number of anilines is 1. The largest absolute Gasteiger partial charge is 0.448 e. The molecule has 0 radical (unpaired) electrons. The van der Waals surface area contributed by atoms with Crippen molar-refractivity contribution in [3.8, 4) is 11.5 Å². The molecule has 2 heterocycles. The number of amides is 1. The van der Waals surface area contributed by atoms with Crippen molar-refractivity contribution >= 4 is 34.8 Å². The first kappa shape index (κ1) is 15.5. The summed E-state index contributed by atoms with van der Waals surface area (Å²) in [7, 11) is 0. The number of carbonyl (C=O) groups excluding carboxylic acids is 1. The zero-order valence-electron chi connectivity index (χ0n) is 12.6. The zero-order chi connectivity index (χ0) is 16.7. The second-order valence-electron chi connectivity index (χ2n) is 5.93. The Morgan fingerprint density at radius 2 is 1.88 bits per heavy atom. The molecular formula is C17H14Cl2N2O3. The van der Waals surface area contributed by atoms with Gasteiger partial charge >= 0.3 is 0 Å². The topological polar surface area (TPSA) is 60.5 Å². The highest BCUT2D eigenvalue weighted by Crippen LogP contribution is 2.47. The molecule has 0 bridgehead atoms. The lowest BCUT2D eigenvalue weighted by Crippen LogP contribution is -2.34. The molecule has 7 heteroatoms. The van der Waals surface area contributed by atoms with Crippen molar-refractivity contribution in [1.29, 1.82) is 0 Å². The molecule has 1 fully saturated rings. The van der Waals surface area contributed by atoms with Crippen LogP contribution in [-0.2, 0) is 0 Å². The van der Waals surface area contributed by atoms with Gasteiger partial charge in [-0.2, -0.15) is 0 Å². The highest BCUT2D eigenvalue weighted by atomic mass is 35.5. The molecule has 1 amide bonds. The summed E-state index contributed by atoms with van der Waals surface area (Å²) >= 11 is 11.7. The minimum atomic E-state index is -0.515. The van der Waals surface area contributed by atoms with Crippen LogP contribution >= 0.6 is 23.2 Å². The fraction of sp³-hybridized carbons (Fsp3) is 0.294. The number of aromatic nitrogens is 1. The number of nitrogens with zero attached hydrogens (tertiary/aromatic N) is 1. The standard InChI is InChI=1S/C17H14Cl2N2O3/c18-12-7-10(9-20-15(12)19)16(22)21-11-3-4-13-14(8-11)24-17(23-13)5-1-2-6-17/h3-4,7-9H,1-2,5-6H2,(H,21,22). The van der Waals surface area contributed by atoms with Crippen molar-refractivity contribution in [3.63, 3.8) is 0 Å². The van der Waals surface area contributed by atoms with Crippen molar-refractivity contribution in [3.05, 3.63) is 46.2 Å². The van der Waals surface area contributed by atoms with Crippen LogP contribution in [-0.4, -0.2) is 16.7 Å². The van der Waals surface area contributed by atoms with E-state index >= 15 is 0 Å². The maximum Gasteiger partial charge on any atom is 0.257 e. The Hall–Kier alpha value is -1.98. The van der Waals surface area contributed by atoms with Gasteiger partial charge in [0.25, 0.3) is 11.7 Å². The number of pyridine rings is 1. The smallest absolute Gasteiger partial charge is 0.257 e. The first-order valence-corrected chi connectivity index (χ1v) is 8.45. The summed E-state index contributed by atoms with van der Waals surface area (Å²) < 4.78 is 11.9. The average Bonchev–Trinajstić information content (AvgIpc) is 3.15. The molecule has 0 atom stereocenters.